The fraction of sp³-hybridized carbons (Fsp3) is 0.364. The first-order valence-corrected chi connectivity index (χ1v) is 7.02. The first-order chi connectivity index (χ1) is 8.49. The lowest BCUT2D eigenvalue weighted by atomic mass is 10.1. The highest BCUT2D eigenvalue weighted by Crippen LogP contribution is 2.12. The van der Waals surface area contributed by atoms with Gasteiger partial charge in [-0.1, -0.05) is 12.1 Å². The fourth-order valence-electron chi connectivity index (χ4n) is 1.59. The van der Waals surface area contributed by atoms with Crippen molar-refractivity contribution in [2.75, 3.05) is 20.6 Å². The highest BCUT2D eigenvalue weighted by molar-refractivity contribution is 7.87. The van der Waals surface area contributed by atoms with Gasteiger partial charge in [-0.15, -0.1) is 0 Å². The molecule has 18 heavy (non-hydrogen) atoms. The van der Waals surface area contributed by atoms with Gasteiger partial charge in [0.1, 0.15) is 0 Å². The minimum atomic E-state index is -3.34. The van der Waals surface area contributed by atoms with Crippen LogP contribution >= 0.6 is 0 Å². The number of H-pyrrole nitrogens is 1. The van der Waals surface area contributed by atoms with Crippen LogP contribution in [-0.4, -0.2) is 43.6 Å². The maximum atomic E-state index is 11.5. The predicted octanol–water partition coefficient (Wildman–Crippen LogP) is 0.501. The number of rotatable bonds is 5. The molecule has 0 aliphatic carbocycles. The molecule has 0 fully saturated rings. The summed E-state index contributed by atoms with van der Waals surface area (Å²) in [6.07, 6.45) is 2.40. The van der Waals surface area contributed by atoms with E-state index in [1.165, 1.54) is 14.1 Å². The third-order valence-electron chi connectivity index (χ3n) is 2.69. The molecule has 0 unspecified atom stereocenters. The lowest BCUT2D eigenvalue weighted by Gasteiger charge is -2.12. The lowest BCUT2D eigenvalue weighted by Crippen LogP contribution is -2.36. The molecule has 6 nitrogen and oxygen atoms in total. The van der Waals surface area contributed by atoms with Gasteiger partial charge in [0.05, 0.1) is 11.7 Å². The van der Waals surface area contributed by atoms with Crippen molar-refractivity contribution in [2.24, 2.45) is 0 Å². The van der Waals surface area contributed by atoms with Crippen LogP contribution in [0.25, 0.3) is 10.9 Å². The van der Waals surface area contributed by atoms with Crippen molar-refractivity contribution >= 4 is 21.1 Å². The average molecular weight is 268 g/mol. The summed E-state index contributed by atoms with van der Waals surface area (Å²) in [5.74, 6) is 0. The molecule has 1 aromatic carbocycles. The van der Waals surface area contributed by atoms with Crippen molar-refractivity contribution in [2.45, 2.75) is 6.42 Å². The zero-order chi connectivity index (χ0) is 13.2. The molecule has 0 aliphatic rings. The summed E-state index contributed by atoms with van der Waals surface area (Å²) in [5.41, 5.74) is 2.02. The van der Waals surface area contributed by atoms with E-state index in [4.69, 9.17) is 0 Å². The molecule has 0 spiro atoms. The highest BCUT2D eigenvalue weighted by atomic mass is 32.2. The largest absolute Gasteiger partial charge is 0.278 e. The van der Waals surface area contributed by atoms with Crippen LogP contribution in [0, 0.1) is 0 Å². The molecule has 0 saturated heterocycles. The van der Waals surface area contributed by atoms with Crippen LogP contribution in [0.4, 0.5) is 0 Å². The molecule has 0 bridgehead atoms. The van der Waals surface area contributed by atoms with E-state index in [0.717, 1.165) is 20.8 Å². The first-order valence-electron chi connectivity index (χ1n) is 5.58. The molecule has 0 radical (unpaired) electrons. The van der Waals surface area contributed by atoms with E-state index >= 15 is 0 Å². The summed E-state index contributed by atoms with van der Waals surface area (Å²) in [6.45, 7) is 0.375. The minimum Gasteiger partial charge on any atom is -0.278 e. The number of hydrogen-bond donors (Lipinski definition) is 2. The third kappa shape index (κ3) is 2.87. The zero-order valence-corrected chi connectivity index (χ0v) is 11.2. The van der Waals surface area contributed by atoms with Crippen molar-refractivity contribution in [1.82, 2.24) is 19.2 Å². The van der Waals surface area contributed by atoms with Gasteiger partial charge in [-0.25, -0.2) is 4.72 Å². The van der Waals surface area contributed by atoms with Gasteiger partial charge in [0.25, 0.3) is 10.2 Å². The molecule has 1 heterocycles. The van der Waals surface area contributed by atoms with Crippen molar-refractivity contribution in [3.63, 3.8) is 0 Å². The van der Waals surface area contributed by atoms with Gasteiger partial charge in [0.2, 0.25) is 0 Å². The molecule has 0 atom stereocenters. The monoisotopic (exact) mass is 268 g/mol. The van der Waals surface area contributed by atoms with Crippen molar-refractivity contribution in [3.8, 4) is 0 Å². The second-order valence-electron chi connectivity index (χ2n) is 4.22. The van der Waals surface area contributed by atoms with Gasteiger partial charge < -0.3 is 0 Å². The van der Waals surface area contributed by atoms with Crippen molar-refractivity contribution < 1.29 is 8.42 Å². The lowest BCUT2D eigenvalue weighted by molar-refractivity contribution is 0.506. The topological polar surface area (TPSA) is 78.1 Å². The Morgan fingerprint density at radius 2 is 2.17 bits per heavy atom. The Balaban J connectivity index is 1.98. The number of aromatic amines is 1. The van der Waals surface area contributed by atoms with Gasteiger partial charge in [-0.3, -0.25) is 5.10 Å². The van der Waals surface area contributed by atoms with Crippen LogP contribution in [0.5, 0.6) is 0 Å². The van der Waals surface area contributed by atoms with Gasteiger partial charge in [0.15, 0.2) is 0 Å². The highest BCUT2D eigenvalue weighted by Gasteiger charge is 2.11. The normalized spacial score (nSPS) is 12.4. The Bertz CT molecular complexity index is 633. The van der Waals surface area contributed by atoms with E-state index in [1.807, 2.05) is 18.2 Å². The minimum absolute atomic E-state index is 0.375. The summed E-state index contributed by atoms with van der Waals surface area (Å²) in [7, 11) is -0.339. The molecule has 2 N–H and O–H groups in total. The fourth-order valence-corrected chi connectivity index (χ4v) is 2.21. The number of benzene rings is 1. The Kier molecular flexibility index (Phi) is 3.65. The van der Waals surface area contributed by atoms with Crippen LogP contribution in [0.3, 0.4) is 0 Å². The van der Waals surface area contributed by atoms with Gasteiger partial charge >= 0.3 is 0 Å². The molecule has 0 saturated carbocycles. The molecule has 0 aliphatic heterocycles. The van der Waals surface area contributed by atoms with Crippen molar-refractivity contribution in [1.29, 1.82) is 0 Å². The zero-order valence-electron chi connectivity index (χ0n) is 10.3. The van der Waals surface area contributed by atoms with Crippen LogP contribution in [-0.2, 0) is 16.6 Å². The average Bonchev–Trinajstić information content (AvgIpc) is 2.75. The SMILES string of the molecule is CN(C)S(=O)(=O)NCCc1ccc2cn[nH]c2c1. The molecular weight excluding hydrogens is 252 g/mol. The predicted molar refractivity (Wildman–Crippen MR) is 70.4 cm³/mol. The number of fused-ring (bicyclic) bond motifs is 1. The summed E-state index contributed by atoms with van der Waals surface area (Å²) in [6, 6.07) is 5.92. The first kappa shape index (κ1) is 13.0. The summed E-state index contributed by atoms with van der Waals surface area (Å²) in [4.78, 5) is 0. The van der Waals surface area contributed by atoms with E-state index in [2.05, 4.69) is 14.9 Å². The van der Waals surface area contributed by atoms with Crippen LogP contribution in [0.1, 0.15) is 5.56 Å². The van der Waals surface area contributed by atoms with E-state index in [-0.39, 0.29) is 0 Å². The molecular formula is C11H16N4O2S. The van der Waals surface area contributed by atoms with E-state index in [9.17, 15) is 8.42 Å². The van der Waals surface area contributed by atoms with Gasteiger partial charge in [-0.05, 0) is 18.1 Å². The van der Waals surface area contributed by atoms with E-state index in [0.29, 0.717) is 13.0 Å². The second kappa shape index (κ2) is 5.05. The molecule has 7 heteroatoms. The van der Waals surface area contributed by atoms with Crippen LogP contribution in [0.15, 0.2) is 24.4 Å². The maximum Gasteiger partial charge on any atom is 0.278 e. The Hall–Kier alpha value is -1.44. The van der Waals surface area contributed by atoms with Gasteiger partial charge in [0, 0.05) is 26.0 Å². The van der Waals surface area contributed by atoms with Gasteiger partial charge in [-0.2, -0.15) is 17.8 Å². The number of hydrogen-bond acceptors (Lipinski definition) is 3. The second-order valence-corrected chi connectivity index (χ2v) is 6.19. The van der Waals surface area contributed by atoms with E-state index < -0.39 is 10.2 Å². The smallest absolute Gasteiger partial charge is 0.278 e. The quantitative estimate of drug-likeness (QED) is 0.829. The summed E-state index contributed by atoms with van der Waals surface area (Å²) in [5, 5.41) is 7.88. The Labute approximate surface area is 106 Å². The molecule has 2 rings (SSSR count). The Morgan fingerprint density at radius 1 is 1.39 bits per heavy atom. The van der Waals surface area contributed by atoms with Crippen molar-refractivity contribution in [3.05, 3.63) is 30.0 Å². The van der Waals surface area contributed by atoms with Crippen LogP contribution < -0.4 is 4.72 Å². The third-order valence-corrected chi connectivity index (χ3v) is 4.22. The summed E-state index contributed by atoms with van der Waals surface area (Å²) >= 11 is 0. The number of nitrogens with one attached hydrogen (secondary N) is 2. The number of aromatic nitrogens is 2. The standard InChI is InChI=1S/C11H16N4O2S/c1-15(2)18(16,17)13-6-5-9-3-4-10-8-12-14-11(10)7-9/h3-4,7-8,13H,5-6H2,1-2H3,(H,12,14). The molecule has 1 aromatic heterocycles. The number of nitrogens with zero attached hydrogens (tertiary/aromatic N) is 2. The van der Waals surface area contributed by atoms with Crippen LogP contribution in [0.2, 0.25) is 0 Å². The molecule has 0 amide bonds. The van der Waals surface area contributed by atoms with E-state index in [1.54, 1.807) is 6.20 Å². The Morgan fingerprint density at radius 3 is 2.89 bits per heavy atom. The molecule has 98 valence electrons. The maximum absolute atomic E-state index is 11.5. The molecule has 2 aromatic rings. The summed E-state index contributed by atoms with van der Waals surface area (Å²) < 4.78 is 26.7.